The van der Waals surface area contributed by atoms with Gasteiger partial charge in [-0.05, 0) is 51.4 Å². The molecular formula is C64H120O6. The van der Waals surface area contributed by atoms with Crippen molar-refractivity contribution in [1.82, 2.24) is 0 Å². The molecular weight excluding hydrogens is 865 g/mol. The molecule has 0 aliphatic rings. The predicted molar refractivity (Wildman–Crippen MR) is 303 cm³/mol. The molecule has 1 unspecified atom stereocenters. The molecule has 0 saturated carbocycles. The highest BCUT2D eigenvalue weighted by Gasteiger charge is 2.19. The Balaban J connectivity index is 4.23. The van der Waals surface area contributed by atoms with Crippen molar-refractivity contribution in [3.05, 3.63) is 24.3 Å². The van der Waals surface area contributed by atoms with Gasteiger partial charge in [-0.25, -0.2) is 0 Å². The zero-order chi connectivity index (χ0) is 50.7. The third-order valence-electron chi connectivity index (χ3n) is 14.2. The Morgan fingerprint density at radius 2 is 0.514 bits per heavy atom. The zero-order valence-corrected chi connectivity index (χ0v) is 47.3. The van der Waals surface area contributed by atoms with Crippen LogP contribution in [0.1, 0.15) is 348 Å². The van der Waals surface area contributed by atoms with E-state index in [0.29, 0.717) is 19.3 Å². The maximum absolute atomic E-state index is 12.9. The van der Waals surface area contributed by atoms with Gasteiger partial charge in [0.15, 0.2) is 6.10 Å². The van der Waals surface area contributed by atoms with E-state index < -0.39 is 6.10 Å². The normalized spacial score (nSPS) is 12.1. The number of ether oxygens (including phenoxy) is 3. The zero-order valence-electron chi connectivity index (χ0n) is 47.3. The Morgan fingerprint density at radius 3 is 0.814 bits per heavy atom. The van der Waals surface area contributed by atoms with Crippen LogP contribution in [0.2, 0.25) is 0 Å². The standard InChI is InChI=1S/C64H120O6/c1-4-7-10-13-16-19-22-24-26-28-30-31-32-34-35-37-39-42-45-48-51-54-57-63(66)69-60-61(59-68-62(65)56-53-50-47-44-41-21-18-15-12-9-6-3)70-64(67)58-55-52-49-46-43-40-38-36-33-29-27-25-23-20-17-14-11-8-5-2/h17,20,25,27,61H,4-16,18-19,21-24,26,28-60H2,1-3H3/b20-17-,27-25-. The maximum atomic E-state index is 12.9. The molecule has 0 heterocycles. The Morgan fingerprint density at radius 1 is 0.286 bits per heavy atom. The lowest BCUT2D eigenvalue weighted by Crippen LogP contribution is -2.30. The van der Waals surface area contributed by atoms with E-state index in [1.54, 1.807) is 0 Å². The van der Waals surface area contributed by atoms with Crippen molar-refractivity contribution in [3.8, 4) is 0 Å². The van der Waals surface area contributed by atoms with Crippen molar-refractivity contribution < 1.29 is 28.6 Å². The third-order valence-corrected chi connectivity index (χ3v) is 14.2. The van der Waals surface area contributed by atoms with Gasteiger partial charge in [0.25, 0.3) is 0 Å². The molecule has 0 N–H and O–H groups in total. The molecule has 412 valence electrons. The third kappa shape index (κ3) is 56.8. The number of carbonyl (C=O) groups excluding carboxylic acids is 3. The maximum Gasteiger partial charge on any atom is 0.306 e. The molecule has 0 rings (SSSR count). The monoisotopic (exact) mass is 985 g/mol. The van der Waals surface area contributed by atoms with Crippen molar-refractivity contribution >= 4 is 17.9 Å². The number of rotatable bonds is 58. The Kier molecular flexibility index (Phi) is 57.7. The highest BCUT2D eigenvalue weighted by molar-refractivity contribution is 5.71. The van der Waals surface area contributed by atoms with Crippen LogP contribution in [-0.4, -0.2) is 37.2 Å². The lowest BCUT2D eigenvalue weighted by atomic mass is 10.0. The van der Waals surface area contributed by atoms with Crippen molar-refractivity contribution in [1.29, 1.82) is 0 Å². The molecule has 0 spiro atoms. The smallest absolute Gasteiger partial charge is 0.306 e. The first-order chi connectivity index (χ1) is 34.5. The molecule has 0 radical (unpaired) electrons. The minimum absolute atomic E-state index is 0.0670. The summed E-state index contributed by atoms with van der Waals surface area (Å²) in [6.45, 7) is 6.67. The summed E-state index contributed by atoms with van der Waals surface area (Å²) in [6.07, 6.45) is 70.4. The number of unbranched alkanes of at least 4 members (excludes halogenated alkanes) is 43. The van der Waals surface area contributed by atoms with Crippen LogP contribution in [0.25, 0.3) is 0 Å². The van der Waals surface area contributed by atoms with E-state index >= 15 is 0 Å². The number of allylic oxidation sites excluding steroid dienone is 4. The fourth-order valence-electron chi connectivity index (χ4n) is 9.48. The molecule has 6 nitrogen and oxygen atoms in total. The number of esters is 3. The van der Waals surface area contributed by atoms with Gasteiger partial charge in [0.1, 0.15) is 13.2 Å². The van der Waals surface area contributed by atoms with E-state index in [2.05, 4.69) is 45.1 Å². The van der Waals surface area contributed by atoms with E-state index in [1.165, 1.54) is 244 Å². The van der Waals surface area contributed by atoms with Gasteiger partial charge in [-0.2, -0.15) is 0 Å². The fourth-order valence-corrected chi connectivity index (χ4v) is 9.48. The molecule has 0 bridgehead atoms. The average molecular weight is 986 g/mol. The van der Waals surface area contributed by atoms with Crippen LogP contribution in [0.5, 0.6) is 0 Å². The molecule has 0 fully saturated rings. The summed E-state index contributed by atoms with van der Waals surface area (Å²) in [4.78, 5) is 38.2. The SMILES string of the molecule is CCCCC/C=C\C/C=C\CCCCCCCCCCCC(=O)OC(COC(=O)CCCCCCCCCCCCC)COC(=O)CCCCCCCCCCCCCCCCCCCCCCCC. The summed E-state index contributed by atoms with van der Waals surface area (Å²) < 4.78 is 16.9. The average Bonchev–Trinajstić information content (AvgIpc) is 3.36. The molecule has 0 aromatic rings. The molecule has 70 heavy (non-hydrogen) atoms. The first-order valence-corrected chi connectivity index (χ1v) is 31.3. The number of carbonyl (C=O) groups is 3. The quantitative estimate of drug-likeness (QED) is 0.0261. The van der Waals surface area contributed by atoms with Crippen LogP contribution < -0.4 is 0 Å². The highest BCUT2D eigenvalue weighted by atomic mass is 16.6. The first-order valence-electron chi connectivity index (χ1n) is 31.3. The fraction of sp³-hybridized carbons (Fsp3) is 0.891. The van der Waals surface area contributed by atoms with Gasteiger partial charge >= 0.3 is 17.9 Å². The topological polar surface area (TPSA) is 78.9 Å². The van der Waals surface area contributed by atoms with Crippen LogP contribution in [0.15, 0.2) is 24.3 Å². The van der Waals surface area contributed by atoms with Gasteiger partial charge in [0, 0.05) is 19.3 Å². The van der Waals surface area contributed by atoms with Crippen LogP contribution >= 0.6 is 0 Å². The van der Waals surface area contributed by atoms with Crippen LogP contribution in [0.4, 0.5) is 0 Å². The van der Waals surface area contributed by atoms with Gasteiger partial charge in [-0.3, -0.25) is 14.4 Å². The van der Waals surface area contributed by atoms with E-state index in [0.717, 1.165) is 64.2 Å². The second-order valence-electron chi connectivity index (χ2n) is 21.3. The van der Waals surface area contributed by atoms with E-state index in [-0.39, 0.29) is 31.1 Å². The summed E-state index contributed by atoms with van der Waals surface area (Å²) in [7, 11) is 0. The summed E-state index contributed by atoms with van der Waals surface area (Å²) in [5.74, 6) is -0.847. The largest absolute Gasteiger partial charge is 0.462 e. The highest BCUT2D eigenvalue weighted by Crippen LogP contribution is 2.18. The molecule has 6 heteroatoms. The van der Waals surface area contributed by atoms with E-state index in [1.807, 2.05) is 0 Å². The molecule has 0 aromatic heterocycles. The van der Waals surface area contributed by atoms with E-state index in [4.69, 9.17) is 14.2 Å². The van der Waals surface area contributed by atoms with Crippen LogP contribution in [-0.2, 0) is 28.6 Å². The summed E-state index contributed by atoms with van der Waals surface area (Å²) in [6, 6.07) is 0. The minimum Gasteiger partial charge on any atom is -0.462 e. The van der Waals surface area contributed by atoms with Crippen molar-refractivity contribution in [3.63, 3.8) is 0 Å². The van der Waals surface area contributed by atoms with Crippen LogP contribution in [0.3, 0.4) is 0 Å². The van der Waals surface area contributed by atoms with Gasteiger partial charge in [-0.1, -0.05) is 302 Å². The van der Waals surface area contributed by atoms with E-state index in [9.17, 15) is 14.4 Å². The van der Waals surface area contributed by atoms with Crippen LogP contribution in [0, 0.1) is 0 Å². The lowest BCUT2D eigenvalue weighted by Gasteiger charge is -2.18. The Labute approximate surface area is 436 Å². The second-order valence-corrected chi connectivity index (χ2v) is 21.3. The number of hydrogen-bond donors (Lipinski definition) is 0. The summed E-state index contributed by atoms with van der Waals surface area (Å²) in [5.41, 5.74) is 0. The Bertz CT molecular complexity index is 1130. The van der Waals surface area contributed by atoms with Gasteiger partial charge in [0.05, 0.1) is 0 Å². The van der Waals surface area contributed by atoms with Crippen molar-refractivity contribution in [2.24, 2.45) is 0 Å². The molecule has 0 aliphatic carbocycles. The molecule has 0 aromatic carbocycles. The van der Waals surface area contributed by atoms with Gasteiger partial charge < -0.3 is 14.2 Å². The molecule has 0 amide bonds. The van der Waals surface area contributed by atoms with Crippen molar-refractivity contribution in [2.75, 3.05) is 13.2 Å². The lowest BCUT2D eigenvalue weighted by molar-refractivity contribution is -0.167. The molecule has 1 atom stereocenters. The molecule has 0 saturated heterocycles. The van der Waals surface area contributed by atoms with Gasteiger partial charge in [-0.15, -0.1) is 0 Å². The number of hydrogen-bond acceptors (Lipinski definition) is 6. The summed E-state index contributed by atoms with van der Waals surface area (Å²) >= 11 is 0. The molecule has 0 aliphatic heterocycles. The minimum atomic E-state index is -0.769. The first kappa shape index (κ1) is 67.9. The van der Waals surface area contributed by atoms with Crippen molar-refractivity contribution in [2.45, 2.75) is 354 Å². The second kappa shape index (κ2) is 59.5. The summed E-state index contributed by atoms with van der Waals surface area (Å²) in [5, 5.41) is 0. The predicted octanol–water partition coefficient (Wildman–Crippen LogP) is 21.1. The Hall–Kier alpha value is -2.11. The van der Waals surface area contributed by atoms with Gasteiger partial charge in [0.2, 0.25) is 0 Å².